The molecule has 2 rings (SSSR count). The first kappa shape index (κ1) is 15.1. The normalized spacial score (nSPS) is 18.9. The maximum atomic E-state index is 11.8. The van der Waals surface area contributed by atoms with E-state index in [1.807, 2.05) is 0 Å². The maximum Gasteiger partial charge on any atom is 0.240 e. The molecule has 0 aliphatic carbocycles. The Hall–Kier alpha value is -1.32. The minimum absolute atomic E-state index is 0.0510. The van der Waals surface area contributed by atoms with Gasteiger partial charge in [-0.3, -0.25) is 0 Å². The number of nitrogens with two attached hydrogens (primary N) is 1. The zero-order chi connectivity index (χ0) is 15.0. The van der Waals surface area contributed by atoms with Crippen LogP contribution < -0.4 is 15.4 Å². The van der Waals surface area contributed by atoms with Gasteiger partial charge in [0, 0.05) is 13.1 Å². The van der Waals surface area contributed by atoms with E-state index in [-0.39, 0.29) is 16.4 Å². The molecule has 1 heterocycles. The summed E-state index contributed by atoms with van der Waals surface area (Å²) in [6, 6.07) is 4.41. The molecule has 9 heteroatoms. The average Bonchev–Trinajstić information content (AvgIpc) is 2.39. The first-order valence-corrected chi connectivity index (χ1v) is 9.34. The van der Waals surface area contributed by atoms with Gasteiger partial charge < -0.3 is 10.6 Å². The molecule has 1 aromatic carbocycles. The van der Waals surface area contributed by atoms with Crippen LogP contribution in [0.4, 0.5) is 11.4 Å². The number of hydrogen-bond acceptors (Lipinski definition) is 6. The third-order valence-corrected chi connectivity index (χ3v) is 6.29. The zero-order valence-electron chi connectivity index (χ0n) is 11.0. The summed E-state index contributed by atoms with van der Waals surface area (Å²) in [5.41, 5.74) is 6.85. The Kier molecular flexibility index (Phi) is 3.94. The van der Waals surface area contributed by atoms with Crippen LogP contribution in [0.3, 0.4) is 0 Å². The Morgan fingerprint density at radius 3 is 2.40 bits per heavy atom. The summed E-state index contributed by atoms with van der Waals surface area (Å²) in [4.78, 5) is 1.91. The van der Waals surface area contributed by atoms with Gasteiger partial charge in [-0.1, -0.05) is 0 Å². The van der Waals surface area contributed by atoms with Crippen molar-refractivity contribution < 1.29 is 16.8 Å². The molecule has 1 aliphatic heterocycles. The van der Waals surface area contributed by atoms with Crippen molar-refractivity contribution in [3.8, 4) is 0 Å². The number of nitrogen functional groups attached to an aromatic ring is 1. The van der Waals surface area contributed by atoms with Gasteiger partial charge in [0.15, 0.2) is 9.84 Å². The molecule has 0 atom stereocenters. The summed E-state index contributed by atoms with van der Waals surface area (Å²) in [6.45, 7) is 0.630. The number of benzene rings is 1. The first-order chi connectivity index (χ1) is 9.25. The lowest BCUT2D eigenvalue weighted by molar-refractivity contribution is 0.584. The lowest BCUT2D eigenvalue weighted by atomic mass is 10.2. The summed E-state index contributed by atoms with van der Waals surface area (Å²) >= 11 is 0. The van der Waals surface area contributed by atoms with Gasteiger partial charge in [-0.25, -0.2) is 21.6 Å². The highest BCUT2D eigenvalue weighted by molar-refractivity contribution is 7.91. The van der Waals surface area contributed by atoms with Gasteiger partial charge in [0.25, 0.3) is 0 Å². The largest absolute Gasteiger partial charge is 0.397 e. The van der Waals surface area contributed by atoms with E-state index in [0.717, 1.165) is 0 Å². The standard InChI is InChI=1S/C11H17N3O4S2/c1-13-20(17,18)9-2-3-10(12)11(8-9)14-4-6-19(15,16)7-5-14/h2-3,8,13H,4-7,12H2,1H3. The minimum Gasteiger partial charge on any atom is -0.397 e. The van der Waals surface area contributed by atoms with Crippen LogP contribution in [-0.4, -0.2) is 48.5 Å². The fraction of sp³-hybridized carbons (Fsp3) is 0.455. The van der Waals surface area contributed by atoms with Gasteiger partial charge in [-0.05, 0) is 25.2 Å². The molecule has 1 fully saturated rings. The Morgan fingerprint density at radius 1 is 1.25 bits per heavy atom. The summed E-state index contributed by atoms with van der Waals surface area (Å²) in [5, 5.41) is 0. The van der Waals surface area contributed by atoms with Crippen LogP contribution in [-0.2, 0) is 19.9 Å². The van der Waals surface area contributed by atoms with Crippen molar-refractivity contribution in [2.45, 2.75) is 4.90 Å². The van der Waals surface area contributed by atoms with E-state index >= 15 is 0 Å². The fourth-order valence-corrected chi connectivity index (χ4v) is 3.99. The third-order valence-electron chi connectivity index (χ3n) is 3.27. The van der Waals surface area contributed by atoms with Crippen LogP contribution in [0.25, 0.3) is 0 Å². The molecule has 0 aromatic heterocycles. The number of sulfonamides is 1. The molecule has 0 spiro atoms. The summed E-state index contributed by atoms with van der Waals surface area (Å²) < 4.78 is 48.6. The van der Waals surface area contributed by atoms with Crippen molar-refractivity contribution in [2.75, 3.05) is 42.3 Å². The summed E-state index contributed by atoms with van der Waals surface area (Å²) in [7, 11) is -5.21. The highest BCUT2D eigenvalue weighted by atomic mass is 32.2. The number of anilines is 2. The summed E-state index contributed by atoms with van der Waals surface area (Å²) in [6.07, 6.45) is 0. The van der Waals surface area contributed by atoms with Crippen LogP contribution in [0.2, 0.25) is 0 Å². The molecular weight excluding hydrogens is 302 g/mol. The third kappa shape index (κ3) is 3.05. The average molecular weight is 319 g/mol. The van der Waals surface area contributed by atoms with Gasteiger partial charge in [0.1, 0.15) is 0 Å². The van der Waals surface area contributed by atoms with E-state index in [1.54, 1.807) is 4.90 Å². The molecule has 0 bridgehead atoms. The lowest BCUT2D eigenvalue weighted by Gasteiger charge is -2.30. The Balaban J connectivity index is 2.35. The Labute approximate surface area is 118 Å². The molecule has 112 valence electrons. The van der Waals surface area contributed by atoms with Crippen LogP contribution in [0.15, 0.2) is 23.1 Å². The lowest BCUT2D eigenvalue weighted by Crippen LogP contribution is -2.40. The molecule has 0 radical (unpaired) electrons. The van der Waals surface area contributed by atoms with Gasteiger partial charge >= 0.3 is 0 Å². The van der Waals surface area contributed by atoms with Crippen molar-refractivity contribution in [1.29, 1.82) is 0 Å². The summed E-state index contributed by atoms with van der Waals surface area (Å²) in [5.74, 6) is 0.102. The predicted molar refractivity (Wildman–Crippen MR) is 78.0 cm³/mol. The molecule has 1 saturated heterocycles. The molecular formula is C11H17N3O4S2. The quantitative estimate of drug-likeness (QED) is 0.721. The number of hydrogen-bond donors (Lipinski definition) is 2. The molecule has 20 heavy (non-hydrogen) atoms. The topological polar surface area (TPSA) is 110 Å². The molecule has 0 amide bonds. The SMILES string of the molecule is CNS(=O)(=O)c1ccc(N)c(N2CCS(=O)(=O)CC2)c1. The smallest absolute Gasteiger partial charge is 0.240 e. The van der Waals surface area contributed by atoms with Crippen LogP contribution in [0, 0.1) is 0 Å². The molecule has 0 saturated carbocycles. The van der Waals surface area contributed by atoms with E-state index in [9.17, 15) is 16.8 Å². The van der Waals surface area contributed by atoms with Crippen LogP contribution >= 0.6 is 0 Å². The second-order valence-electron chi connectivity index (χ2n) is 4.57. The zero-order valence-corrected chi connectivity index (χ0v) is 12.7. The first-order valence-electron chi connectivity index (χ1n) is 6.04. The fourth-order valence-electron chi connectivity index (χ4n) is 2.04. The molecule has 7 nitrogen and oxygen atoms in total. The number of nitrogens with one attached hydrogen (secondary N) is 1. The van der Waals surface area contributed by atoms with Gasteiger partial charge in [0.2, 0.25) is 10.0 Å². The van der Waals surface area contributed by atoms with Gasteiger partial charge in [-0.2, -0.15) is 0 Å². The van der Waals surface area contributed by atoms with Crippen molar-refractivity contribution in [3.63, 3.8) is 0 Å². The van der Waals surface area contributed by atoms with Crippen molar-refractivity contribution in [2.24, 2.45) is 0 Å². The number of sulfone groups is 1. The monoisotopic (exact) mass is 319 g/mol. The van der Waals surface area contributed by atoms with E-state index in [0.29, 0.717) is 24.5 Å². The van der Waals surface area contributed by atoms with E-state index in [1.165, 1.54) is 25.2 Å². The van der Waals surface area contributed by atoms with E-state index in [4.69, 9.17) is 5.73 Å². The molecule has 3 N–H and O–H groups in total. The molecule has 1 aliphatic rings. The van der Waals surface area contributed by atoms with E-state index in [2.05, 4.69) is 4.72 Å². The van der Waals surface area contributed by atoms with E-state index < -0.39 is 19.9 Å². The Morgan fingerprint density at radius 2 is 1.85 bits per heavy atom. The van der Waals surface area contributed by atoms with Crippen molar-refractivity contribution >= 4 is 31.2 Å². The van der Waals surface area contributed by atoms with Gasteiger partial charge in [0.05, 0.1) is 27.8 Å². The highest BCUT2D eigenvalue weighted by Crippen LogP contribution is 2.27. The number of nitrogens with zero attached hydrogens (tertiary/aromatic N) is 1. The minimum atomic E-state index is -3.55. The van der Waals surface area contributed by atoms with Crippen molar-refractivity contribution in [3.05, 3.63) is 18.2 Å². The number of rotatable bonds is 3. The van der Waals surface area contributed by atoms with Crippen LogP contribution in [0.5, 0.6) is 0 Å². The van der Waals surface area contributed by atoms with Crippen LogP contribution in [0.1, 0.15) is 0 Å². The second kappa shape index (κ2) is 5.23. The highest BCUT2D eigenvalue weighted by Gasteiger charge is 2.24. The Bertz CT molecular complexity index is 699. The molecule has 1 aromatic rings. The predicted octanol–water partition coefficient (Wildman–Crippen LogP) is -0.588. The molecule has 0 unspecified atom stereocenters. The van der Waals surface area contributed by atoms with Gasteiger partial charge in [-0.15, -0.1) is 0 Å². The van der Waals surface area contributed by atoms with Crippen molar-refractivity contribution in [1.82, 2.24) is 4.72 Å². The maximum absolute atomic E-state index is 11.8. The second-order valence-corrected chi connectivity index (χ2v) is 8.76.